The van der Waals surface area contributed by atoms with Gasteiger partial charge in [-0.15, -0.1) is 0 Å². The van der Waals surface area contributed by atoms with Gasteiger partial charge in [0.25, 0.3) is 11.6 Å². The Morgan fingerprint density at radius 2 is 1.71 bits per heavy atom. The number of nitrogens with one attached hydrogen (secondary N) is 1. The largest absolute Gasteiger partial charge is 0.494 e. The second-order valence-corrected chi connectivity index (χ2v) is 7.92. The summed E-state index contributed by atoms with van der Waals surface area (Å²) in [6.45, 7) is 4.12. The molecular weight excluding hydrogens is 494 g/mol. The molecule has 11 nitrogen and oxygen atoms in total. The Hall–Kier alpha value is -4.93. The van der Waals surface area contributed by atoms with Crippen molar-refractivity contribution in [3.8, 4) is 23.0 Å². The number of non-ortho nitro benzene ring substituents is 1. The summed E-state index contributed by atoms with van der Waals surface area (Å²) in [7, 11) is 1.44. The van der Waals surface area contributed by atoms with Gasteiger partial charge in [0.2, 0.25) is 0 Å². The summed E-state index contributed by atoms with van der Waals surface area (Å²) >= 11 is 0. The van der Waals surface area contributed by atoms with Crippen LogP contribution in [-0.4, -0.2) is 42.8 Å². The smallest absolute Gasteiger partial charge is 0.343 e. The van der Waals surface area contributed by atoms with Gasteiger partial charge >= 0.3 is 5.97 Å². The first-order valence-electron chi connectivity index (χ1n) is 11.7. The molecule has 0 saturated heterocycles. The minimum absolute atomic E-state index is 0.0816. The van der Waals surface area contributed by atoms with E-state index in [1.165, 1.54) is 44.5 Å². The Morgan fingerprint density at radius 1 is 1.03 bits per heavy atom. The maximum absolute atomic E-state index is 12.5. The van der Waals surface area contributed by atoms with E-state index in [2.05, 4.69) is 10.5 Å². The van der Waals surface area contributed by atoms with E-state index in [1.807, 2.05) is 6.92 Å². The van der Waals surface area contributed by atoms with Crippen LogP contribution in [0.5, 0.6) is 23.0 Å². The quantitative estimate of drug-likeness (QED) is 0.121. The Balaban J connectivity index is 1.56. The highest BCUT2D eigenvalue weighted by Gasteiger charge is 2.16. The van der Waals surface area contributed by atoms with Crippen LogP contribution in [0.25, 0.3) is 0 Å². The van der Waals surface area contributed by atoms with Crippen molar-refractivity contribution >= 4 is 23.8 Å². The number of esters is 1. The van der Waals surface area contributed by atoms with Gasteiger partial charge in [0, 0.05) is 12.1 Å². The zero-order chi connectivity index (χ0) is 27.5. The number of carbonyl (C=O) groups is 2. The third kappa shape index (κ3) is 7.79. The molecule has 0 aliphatic rings. The number of hydrogen-bond acceptors (Lipinski definition) is 9. The molecule has 1 N–H and O–H groups in total. The highest BCUT2D eigenvalue weighted by Crippen LogP contribution is 2.28. The van der Waals surface area contributed by atoms with E-state index in [0.717, 1.165) is 6.42 Å². The lowest BCUT2D eigenvalue weighted by Crippen LogP contribution is -2.33. The number of methoxy groups -OCH3 is 1. The SMILES string of the molecule is CCCOc1ccc(C(=O)Oc2ccc(/C=N/NC(=O)C(C)Oc3ccc([N+](=O)[O-])cc3)cc2OC)cc1. The zero-order valence-electron chi connectivity index (χ0n) is 21.1. The van der Waals surface area contributed by atoms with Gasteiger partial charge < -0.3 is 18.9 Å². The van der Waals surface area contributed by atoms with Gasteiger partial charge in [-0.25, -0.2) is 10.2 Å². The molecule has 0 aromatic heterocycles. The maximum atomic E-state index is 12.5. The third-order valence-corrected chi connectivity index (χ3v) is 5.07. The molecule has 0 fully saturated rings. The van der Waals surface area contributed by atoms with Crippen molar-refractivity contribution in [1.82, 2.24) is 5.43 Å². The van der Waals surface area contributed by atoms with E-state index < -0.39 is 22.9 Å². The fourth-order valence-corrected chi connectivity index (χ4v) is 3.08. The minimum Gasteiger partial charge on any atom is -0.494 e. The average molecular weight is 522 g/mol. The average Bonchev–Trinajstić information content (AvgIpc) is 2.93. The van der Waals surface area contributed by atoms with Crippen LogP contribution in [0.4, 0.5) is 5.69 Å². The van der Waals surface area contributed by atoms with Gasteiger partial charge in [0.15, 0.2) is 17.6 Å². The third-order valence-electron chi connectivity index (χ3n) is 5.07. The van der Waals surface area contributed by atoms with Gasteiger partial charge in [-0.1, -0.05) is 6.92 Å². The number of nitro groups is 1. The number of carbonyl (C=O) groups excluding carboxylic acids is 2. The lowest BCUT2D eigenvalue weighted by atomic mass is 10.2. The van der Waals surface area contributed by atoms with E-state index in [0.29, 0.717) is 35.0 Å². The molecule has 1 atom stereocenters. The lowest BCUT2D eigenvalue weighted by Gasteiger charge is -2.12. The highest BCUT2D eigenvalue weighted by atomic mass is 16.6. The van der Waals surface area contributed by atoms with Crippen LogP contribution in [0.2, 0.25) is 0 Å². The number of benzene rings is 3. The van der Waals surface area contributed by atoms with E-state index in [1.54, 1.807) is 42.5 Å². The van der Waals surface area contributed by atoms with Gasteiger partial charge in [0.1, 0.15) is 11.5 Å². The molecule has 0 radical (unpaired) electrons. The van der Waals surface area contributed by atoms with Gasteiger partial charge in [0.05, 0.1) is 30.4 Å². The van der Waals surface area contributed by atoms with Crippen molar-refractivity contribution in [2.24, 2.45) is 5.10 Å². The van der Waals surface area contributed by atoms with Gasteiger partial charge in [-0.05, 0) is 73.5 Å². The molecule has 3 rings (SSSR count). The number of ether oxygens (including phenoxy) is 4. The molecule has 1 amide bonds. The van der Waals surface area contributed by atoms with Gasteiger partial charge in [-0.2, -0.15) is 5.10 Å². The van der Waals surface area contributed by atoms with Crippen molar-refractivity contribution < 1.29 is 33.5 Å². The standard InChI is InChI=1S/C27H27N3O8/c1-4-15-36-22-10-6-20(7-11-22)27(32)38-24-14-5-19(16-25(24)35-3)17-28-29-26(31)18(2)37-23-12-8-21(9-13-23)30(33)34/h5-14,16-18H,4,15H2,1-3H3,(H,29,31)/b28-17+. The summed E-state index contributed by atoms with van der Waals surface area (Å²) in [6, 6.07) is 16.8. The summed E-state index contributed by atoms with van der Waals surface area (Å²) in [6.07, 6.45) is 1.37. The van der Waals surface area contributed by atoms with Crippen LogP contribution in [0.3, 0.4) is 0 Å². The lowest BCUT2D eigenvalue weighted by molar-refractivity contribution is -0.384. The molecule has 0 aliphatic carbocycles. The maximum Gasteiger partial charge on any atom is 0.343 e. The van der Waals surface area contributed by atoms with Crippen LogP contribution in [0.15, 0.2) is 71.8 Å². The van der Waals surface area contributed by atoms with E-state index >= 15 is 0 Å². The Bertz CT molecular complexity index is 1290. The monoisotopic (exact) mass is 521 g/mol. The topological polar surface area (TPSA) is 139 Å². The van der Waals surface area contributed by atoms with Crippen LogP contribution < -0.4 is 24.4 Å². The van der Waals surface area contributed by atoms with Crippen molar-refractivity contribution in [2.75, 3.05) is 13.7 Å². The first-order valence-corrected chi connectivity index (χ1v) is 11.7. The van der Waals surface area contributed by atoms with Crippen LogP contribution >= 0.6 is 0 Å². The number of nitro benzene ring substituents is 1. The van der Waals surface area contributed by atoms with Crippen molar-refractivity contribution in [1.29, 1.82) is 0 Å². The predicted molar refractivity (Wildman–Crippen MR) is 139 cm³/mol. The number of rotatable bonds is 12. The first-order chi connectivity index (χ1) is 18.3. The van der Waals surface area contributed by atoms with Crippen molar-refractivity contribution in [3.63, 3.8) is 0 Å². The second-order valence-electron chi connectivity index (χ2n) is 7.92. The number of hydrazone groups is 1. The molecule has 3 aromatic carbocycles. The Labute approximate surface area is 219 Å². The molecular formula is C27H27N3O8. The molecule has 0 spiro atoms. The highest BCUT2D eigenvalue weighted by molar-refractivity contribution is 5.92. The summed E-state index contributed by atoms with van der Waals surface area (Å²) in [5.74, 6) is 0.410. The summed E-state index contributed by atoms with van der Waals surface area (Å²) < 4.78 is 21.8. The van der Waals surface area contributed by atoms with Crippen LogP contribution in [0, 0.1) is 10.1 Å². The molecule has 0 aliphatic heterocycles. The molecule has 3 aromatic rings. The van der Waals surface area contributed by atoms with Crippen LogP contribution in [-0.2, 0) is 4.79 Å². The molecule has 38 heavy (non-hydrogen) atoms. The number of amides is 1. The summed E-state index contributed by atoms with van der Waals surface area (Å²) in [5, 5.41) is 14.6. The minimum atomic E-state index is -0.905. The zero-order valence-corrected chi connectivity index (χ0v) is 21.1. The van der Waals surface area contributed by atoms with Crippen molar-refractivity contribution in [2.45, 2.75) is 26.4 Å². The van der Waals surface area contributed by atoms with E-state index in [9.17, 15) is 19.7 Å². The van der Waals surface area contributed by atoms with Gasteiger partial charge in [-0.3, -0.25) is 14.9 Å². The molecule has 0 heterocycles. The molecule has 1 unspecified atom stereocenters. The fourth-order valence-electron chi connectivity index (χ4n) is 3.08. The summed E-state index contributed by atoms with van der Waals surface area (Å²) in [4.78, 5) is 35.0. The van der Waals surface area contributed by atoms with Crippen molar-refractivity contribution in [3.05, 3.63) is 88.0 Å². The molecule has 11 heteroatoms. The second kappa shape index (κ2) is 13.4. The van der Waals surface area contributed by atoms with E-state index in [4.69, 9.17) is 18.9 Å². The van der Waals surface area contributed by atoms with Crippen LogP contribution in [0.1, 0.15) is 36.2 Å². The first kappa shape index (κ1) is 27.7. The Morgan fingerprint density at radius 3 is 2.34 bits per heavy atom. The predicted octanol–water partition coefficient (Wildman–Crippen LogP) is 4.53. The van der Waals surface area contributed by atoms with E-state index in [-0.39, 0.29) is 11.4 Å². The summed E-state index contributed by atoms with van der Waals surface area (Å²) in [5.41, 5.74) is 3.21. The normalized spacial score (nSPS) is 11.4. The number of hydrogen-bond donors (Lipinski definition) is 1. The number of nitrogens with zero attached hydrogens (tertiary/aromatic N) is 2. The molecule has 198 valence electrons. The molecule has 0 bridgehead atoms. The fraction of sp³-hybridized carbons (Fsp3) is 0.222. The Kier molecular flexibility index (Phi) is 9.75. The molecule has 0 saturated carbocycles.